The molecule has 0 unspecified atom stereocenters. The number of carbonyl (C=O) groups is 1. The SMILES string of the molecule is CN(Cc1ncn[nH]1)C(=O)CCSc1ccccc1Cl. The lowest BCUT2D eigenvalue weighted by Crippen LogP contribution is -2.26. The summed E-state index contributed by atoms with van der Waals surface area (Å²) in [5.41, 5.74) is 0. The summed E-state index contributed by atoms with van der Waals surface area (Å²) in [6.45, 7) is 0.440. The lowest BCUT2D eigenvalue weighted by Gasteiger charge is -2.15. The van der Waals surface area contributed by atoms with Crippen LogP contribution in [0.25, 0.3) is 0 Å². The molecule has 0 spiro atoms. The zero-order valence-electron chi connectivity index (χ0n) is 11.0. The van der Waals surface area contributed by atoms with Gasteiger partial charge >= 0.3 is 0 Å². The van der Waals surface area contributed by atoms with Crippen molar-refractivity contribution < 1.29 is 4.79 Å². The number of benzene rings is 1. The highest BCUT2D eigenvalue weighted by atomic mass is 35.5. The van der Waals surface area contributed by atoms with E-state index in [0.29, 0.717) is 24.5 Å². The van der Waals surface area contributed by atoms with E-state index >= 15 is 0 Å². The van der Waals surface area contributed by atoms with Gasteiger partial charge in [-0.15, -0.1) is 11.8 Å². The van der Waals surface area contributed by atoms with Crippen LogP contribution in [0.3, 0.4) is 0 Å². The summed E-state index contributed by atoms with van der Waals surface area (Å²) in [7, 11) is 1.75. The van der Waals surface area contributed by atoms with Gasteiger partial charge in [-0.1, -0.05) is 23.7 Å². The van der Waals surface area contributed by atoms with E-state index in [1.807, 2.05) is 24.3 Å². The van der Waals surface area contributed by atoms with Crippen LogP contribution in [0.2, 0.25) is 5.02 Å². The van der Waals surface area contributed by atoms with Crippen LogP contribution >= 0.6 is 23.4 Å². The van der Waals surface area contributed by atoms with Gasteiger partial charge in [-0.05, 0) is 12.1 Å². The molecule has 0 atom stereocenters. The van der Waals surface area contributed by atoms with Crippen LogP contribution in [-0.4, -0.2) is 38.8 Å². The molecular weight excluding hydrogens is 296 g/mol. The number of carbonyl (C=O) groups excluding carboxylic acids is 1. The highest BCUT2D eigenvalue weighted by Gasteiger charge is 2.11. The van der Waals surface area contributed by atoms with Crippen molar-refractivity contribution in [1.29, 1.82) is 0 Å². The summed E-state index contributed by atoms with van der Waals surface area (Å²) in [4.78, 5) is 18.6. The molecular formula is C13H15ClN4OS. The first kappa shape index (κ1) is 14.9. The maximum absolute atomic E-state index is 12.0. The number of halogens is 1. The van der Waals surface area contributed by atoms with Gasteiger partial charge in [-0.2, -0.15) is 5.10 Å². The van der Waals surface area contributed by atoms with E-state index in [0.717, 1.165) is 9.92 Å². The molecule has 2 rings (SSSR count). The maximum atomic E-state index is 12.0. The molecule has 0 bridgehead atoms. The van der Waals surface area contributed by atoms with E-state index in [2.05, 4.69) is 15.2 Å². The average Bonchev–Trinajstić information content (AvgIpc) is 2.93. The molecule has 0 aliphatic heterocycles. The number of aromatic nitrogens is 3. The van der Waals surface area contributed by atoms with Crippen molar-refractivity contribution in [2.45, 2.75) is 17.9 Å². The Labute approximate surface area is 126 Å². The molecule has 5 nitrogen and oxygen atoms in total. The predicted octanol–water partition coefficient (Wildman–Crippen LogP) is 2.60. The quantitative estimate of drug-likeness (QED) is 0.833. The van der Waals surface area contributed by atoms with Gasteiger partial charge in [0.15, 0.2) is 0 Å². The summed E-state index contributed by atoms with van der Waals surface area (Å²) in [6, 6.07) is 7.63. The number of H-pyrrole nitrogens is 1. The predicted molar refractivity (Wildman–Crippen MR) is 79.6 cm³/mol. The zero-order chi connectivity index (χ0) is 14.4. The van der Waals surface area contributed by atoms with Crippen molar-refractivity contribution in [1.82, 2.24) is 20.1 Å². The topological polar surface area (TPSA) is 61.9 Å². The van der Waals surface area contributed by atoms with Crippen molar-refractivity contribution in [3.8, 4) is 0 Å². The molecule has 2 aromatic rings. The van der Waals surface area contributed by atoms with Crippen molar-refractivity contribution in [3.63, 3.8) is 0 Å². The third kappa shape index (κ3) is 4.25. The Hall–Kier alpha value is -1.53. The number of amides is 1. The van der Waals surface area contributed by atoms with Crippen LogP contribution < -0.4 is 0 Å². The molecule has 0 fully saturated rings. The second kappa shape index (κ2) is 7.31. The Bertz CT molecular complexity index is 561. The molecule has 0 saturated heterocycles. The molecule has 1 N–H and O–H groups in total. The fourth-order valence-electron chi connectivity index (χ4n) is 1.62. The summed E-state index contributed by atoms with van der Waals surface area (Å²) in [6.07, 6.45) is 1.89. The average molecular weight is 311 g/mol. The molecule has 0 radical (unpaired) electrons. The minimum atomic E-state index is 0.0703. The lowest BCUT2D eigenvalue weighted by molar-refractivity contribution is -0.130. The lowest BCUT2D eigenvalue weighted by atomic mass is 10.4. The van der Waals surface area contributed by atoms with Gasteiger partial charge in [-0.3, -0.25) is 9.89 Å². The molecule has 106 valence electrons. The van der Waals surface area contributed by atoms with E-state index in [1.165, 1.54) is 6.33 Å². The molecule has 20 heavy (non-hydrogen) atoms. The van der Waals surface area contributed by atoms with Crippen LogP contribution in [0, 0.1) is 0 Å². The Morgan fingerprint density at radius 1 is 1.45 bits per heavy atom. The number of nitrogens with zero attached hydrogens (tertiary/aromatic N) is 3. The molecule has 0 aliphatic carbocycles. The molecule has 0 saturated carbocycles. The number of rotatable bonds is 6. The number of aromatic amines is 1. The van der Waals surface area contributed by atoms with Crippen molar-refractivity contribution in [3.05, 3.63) is 41.4 Å². The second-order valence-electron chi connectivity index (χ2n) is 4.21. The van der Waals surface area contributed by atoms with Crippen LogP contribution in [0.5, 0.6) is 0 Å². The van der Waals surface area contributed by atoms with E-state index < -0.39 is 0 Å². The first-order chi connectivity index (χ1) is 9.66. The monoisotopic (exact) mass is 310 g/mol. The van der Waals surface area contributed by atoms with Gasteiger partial charge < -0.3 is 4.90 Å². The molecule has 1 aromatic heterocycles. The zero-order valence-corrected chi connectivity index (χ0v) is 12.6. The summed E-state index contributed by atoms with van der Waals surface area (Å²) in [5.74, 6) is 1.45. The molecule has 1 amide bonds. The van der Waals surface area contributed by atoms with Crippen LogP contribution in [0.4, 0.5) is 0 Å². The standard InChI is InChI=1S/C13H15ClN4OS/c1-18(8-12-15-9-16-17-12)13(19)6-7-20-11-5-3-2-4-10(11)14/h2-5,9H,6-8H2,1H3,(H,15,16,17). The van der Waals surface area contributed by atoms with Gasteiger partial charge in [0.25, 0.3) is 0 Å². The molecule has 1 aromatic carbocycles. The fraction of sp³-hybridized carbons (Fsp3) is 0.308. The highest BCUT2D eigenvalue weighted by Crippen LogP contribution is 2.27. The van der Waals surface area contributed by atoms with Crippen molar-refractivity contribution in [2.75, 3.05) is 12.8 Å². The minimum absolute atomic E-state index is 0.0703. The minimum Gasteiger partial charge on any atom is -0.338 e. The largest absolute Gasteiger partial charge is 0.338 e. The Kier molecular flexibility index (Phi) is 5.43. The van der Waals surface area contributed by atoms with Gasteiger partial charge in [0.1, 0.15) is 12.2 Å². The van der Waals surface area contributed by atoms with Crippen LogP contribution in [-0.2, 0) is 11.3 Å². The van der Waals surface area contributed by atoms with Gasteiger partial charge in [0.2, 0.25) is 5.91 Å². The smallest absolute Gasteiger partial charge is 0.223 e. The third-order valence-electron chi connectivity index (χ3n) is 2.69. The number of thioether (sulfide) groups is 1. The van der Waals surface area contributed by atoms with Gasteiger partial charge in [-0.25, -0.2) is 4.98 Å². The molecule has 7 heteroatoms. The number of hydrogen-bond acceptors (Lipinski definition) is 4. The van der Waals surface area contributed by atoms with Crippen molar-refractivity contribution >= 4 is 29.3 Å². The Balaban J connectivity index is 1.76. The highest BCUT2D eigenvalue weighted by molar-refractivity contribution is 7.99. The summed E-state index contributed by atoms with van der Waals surface area (Å²) >= 11 is 7.65. The summed E-state index contributed by atoms with van der Waals surface area (Å²) in [5, 5.41) is 7.21. The normalized spacial score (nSPS) is 10.5. The van der Waals surface area contributed by atoms with E-state index in [-0.39, 0.29) is 5.91 Å². The van der Waals surface area contributed by atoms with Crippen LogP contribution in [0.1, 0.15) is 12.2 Å². The molecule has 0 aliphatic rings. The third-order valence-corrected chi connectivity index (χ3v) is 4.20. The summed E-state index contributed by atoms with van der Waals surface area (Å²) < 4.78 is 0. The molecule has 1 heterocycles. The number of nitrogens with one attached hydrogen (secondary N) is 1. The fourth-order valence-corrected chi connectivity index (χ4v) is 2.80. The van der Waals surface area contributed by atoms with Crippen molar-refractivity contribution in [2.24, 2.45) is 0 Å². The van der Waals surface area contributed by atoms with E-state index in [4.69, 9.17) is 11.6 Å². The van der Waals surface area contributed by atoms with Crippen LogP contribution in [0.15, 0.2) is 35.5 Å². The Morgan fingerprint density at radius 2 is 2.25 bits per heavy atom. The second-order valence-corrected chi connectivity index (χ2v) is 5.75. The van der Waals surface area contributed by atoms with Gasteiger partial charge in [0, 0.05) is 24.1 Å². The first-order valence-electron chi connectivity index (χ1n) is 6.12. The first-order valence-corrected chi connectivity index (χ1v) is 7.48. The maximum Gasteiger partial charge on any atom is 0.223 e. The van der Waals surface area contributed by atoms with E-state index in [9.17, 15) is 4.79 Å². The van der Waals surface area contributed by atoms with E-state index in [1.54, 1.807) is 23.7 Å². The number of hydrogen-bond donors (Lipinski definition) is 1. The Morgan fingerprint density at radius 3 is 2.95 bits per heavy atom. The van der Waals surface area contributed by atoms with Gasteiger partial charge in [0.05, 0.1) is 11.6 Å².